The molecule has 0 aromatic carbocycles. The van der Waals surface area contributed by atoms with Gasteiger partial charge in [-0.1, -0.05) is 5.10 Å². The van der Waals surface area contributed by atoms with E-state index in [0.29, 0.717) is 0 Å². The van der Waals surface area contributed by atoms with Gasteiger partial charge in [-0.3, -0.25) is 0 Å². The minimum atomic E-state index is -4.21. The predicted octanol–water partition coefficient (Wildman–Crippen LogP) is 1.75. The number of alkyl halides is 3. The monoisotopic (exact) mass is 256 g/mol. The average molecular weight is 256 g/mol. The summed E-state index contributed by atoms with van der Waals surface area (Å²) in [5.74, 6) is 0.116. The van der Waals surface area contributed by atoms with E-state index in [0.717, 1.165) is 0 Å². The van der Waals surface area contributed by atoms with Gasteiger partial charge in [0.2, 0.25) is 5.89 Å². The smallest absolute Gasteiger partial charge is 0.406 e. The second-order valence-corrected chi connectivity index (χ2v) is 4.11. The number of nitrogens with two attached hydrogens (primary N) is 1. The molecule has 3 N–H and O–H groups in total. The second-order valence-electron chi connectivity index (χ2n) is 2.96. The van der Waals surface area contributed by atoms with Crippen LogP contribution in [0.3, 0.4) is 0 Å². The van der Waals surface area contributed by atoms with Crippen LogP contribution in [0.1, 0.15) is 18.9 Å². The number of halogens is 3. The Hall–Kier alpha value is -0.960. The highest BCUT2D eigenvalue weighted by Crippen LogP contribution is 2.29. The van der Waals surface area contributed by atoms with Gasteiger partial charge in [0, 0.05) is 12.3 Å². The van der Waals surface area contributed by atoms with Crippen molar-refractivity contribution in [3.05, 3.63) is 5.89 Å². The molecule has 1 aromatic heterocycles. The third kappa shape index (κ3) is 4.71. The summed E-state index contributed by atoms with van der Waals surface area (Å²) in [5.41, 5.74) is 1.25. The van der Waals surface area contributed by atoms with E-state index in [4.69, 9.17) is 10.2 Å². The lowest BCUT2D eigenvalue weighted by atomic mass is 10.4. The molecule has 9 heteroatoms. The van der Waals surface area contributed by atoms with Crippen LogP contribution in [0, 0.1) is 0 Å². The Morgan fingerprint density at radius 1 is 1.50 bits per heavy atom. The lowest BCUT2D eigenvalue weighted by Gasteiger charge is -2.04. The zero-order valence-corrected chi connectivity index (χ0v) is 9.23. The van der Waals surface area contributed by atoms with E-state index in [1.165, 1.54) is 0 Å². The fourth-order valence-corrected chi connectivity index (χ4v) is 1.25. The van der Waals surface area contributed by atoms with Crippen molar-refractivity contribution in [1.29, 1.82) is 0 Å². The number of anilines is 1. The summed E-state index contributed by atoms with van der Waals surface area (Å²) in [4.78, 5) is 0. The number of hydrogen-bond donors (Lipinski definition) is 2. The Balaban J connectivity index is 2.27. The summed E-state index contributed by atoms with van der Waals surface area (Å²) in [6.45, 7) is 1.75. The van der Waals surface area contributed by atoms with E-state index in [1.54, 1.807) is 6.92 Å². The van der Waals surface area contributed by atoms with Gasteiger partial charge in [0.1, 0.15) is 0 Å². The number of nitrogens with zero attached hydrogens (tertiary/aromatic N) is 2. The first-order valence-corrected chi connectivity index (χ1v) is 5.40. The van der Waals surface area contributed by atoms with Gasteiger partial charge in [-0.25, -0.2) is 0 Å². The summed E-state index contributed by atoms with van der Waals surface area (Å²) in [5, 5.41) is 9.76. The third-order valence-electron chi connectivity index (χ3n) is 1.47. The topological polar surface area (TPSA) is 77.0 Å². The van der Waals surface area contributed by atoms with E-state index in [2.05, 4.69) is 15.5 Å². The van der Waals surface area contributed by atoms with Gasteiger partial charge in [-0.15, -0.1) is 5.10 Å². The lowest BCUT2D eigenvalue weighted by molar-refractivity contribution is -0.0327. The molecule has 5 nitrogen and oxygen atoms in total. The molecule has 16 heavy (non-hydrogen) atoms. The van der Waals surface area contributed by atoms with Crippen LogP contribution in [0.25, 0.3) is 0 Å². The molecule has 0 saturated heterocycles. The Morgan fingerprint density at radius 3 is 2.69 bits per heavy atom. The first kappa shape index (κ1) is 13.1. The normalized spacial score (nSPS) is 13.8. The fraction of sp³-hybridized carbons (Fsp3) is 0.714. The Morgan fingerprint density at radius 2 is 2.19 bits per heavy atom. The number of thioether (sulfide) groups is 1. The molecule has 0 aliphatic heterocycles. The molecule has 1 unspecified atom stereocenters. The fourth-order valence-electron chi connectivity index (χ4n) is 0.815. The summed E-state index contributed by atoms with van der Waals surface area (Å²) in [6.07, 6.45) is 0. The van der Waals surface area contributed by atoms with Crippen LogP contribution in [0.15, 0.2) is 4.42 Å². The maximum Gasteiger partial charge on any atom is 0.441 e. The predicted molar refractivity (Wildman–Crippen MR) is 53.9 cm³/mol. The molecule has 92 valence electrons. The van der Waals surface area contributed by atoms with Gasteiger partial charge in [-0.05, 0) is 18.7 Å². The van der Waals surface area contributed by atoms with Gasteiger partial charge in [0.05, 0.1) is 6.04 Å². The van der Waals surface area contributed by atoms with Crippen molar-refractivity contribution in [3.8, 4) is 0 Å². The van der Waals surface area contributed by atoms with Crippen LogP contribution in [0.4, 0.5) is 19.2 Å². The van der Waals surface area contributed by atoms with Gasteiger partial charge in [-0.2, -0.15) is 13.2 Å². The highest BCUT2D eigenvalue weighted by Gasteiger charge is 2.27. The number of hydrogen-bond acceptors (Lipinski definition) is 6. The van der Waals surface area contributed by atoms with Gasteiger partial charge < -0.3 is 15.5 Å². The second kappa shape index (κ2) is 5.39. The van der Waals surface area contributed by atoms with Crippen molar-refractivity contribution >= 4 is 17.8 Å². The molecule has 0 amide bonds. The molecule has 0 radical (unpaired) electrons. The van der Waals surface area contributed by atoms with Gasteiger partial charge >= 0.3 is 11.5 Å². The minimum Gasteiger partial charge on any atom is -0.406 e. The van der Waals surface area contributed by atoms with E-state index < -0.39 is 11.6 Å². The van der Waals surface area contributed by atoms with Crippen LogP contribution in [-0.2, 0) is 0 Å². The van der Waals surface area contributed by atoms with Crippen molar-refractivity contribution in [2.24, 2.45) is 5.73 Å². The van der Waals surface area contributed by atoms with E-state index >= 15 is 0 Å². The Kier molecular flexibility index (Phi) is 4.42. The summed E-state index contributed by atoms with van der Waals surface area (Å²) < 4.78 is 40.3. The highest BCUT2D eigenvalue weighted by atomic mass is 32.2. The SMILES string of the molecule is CC(N)c1nnc(NCCSC(F)(F)F)o1. The van der Waals surface area contributed by atoms with Crippen LogP contribution in [0.2, 0.25) is 0 Å². The van der Waals surface area contributed by atoms with E-state index in [-0.39, 0.29) is 36.0 Å². The van der Waals surface area contributed by atoms with Crippen molar-refractivity contribution in [1.82, 2.24) is 10.2 Å². The number of nitrogens with one attached hydrogen (secondary N) is 1. The number of aromatic nitrogens is 2. The molecular weight excluding hydrogens is 245 g/mol. The largest absolute Gasteiger partial charge is 0.441 e. The Labute approximate surface area is 94.0 Å². The van der Waals surface area contributed by atoms with Crippen LogP contribution in [-0.4, -0.2) is 28.0 Å². The molecule has 1 atom stereocenters. The molecule has 1 rings (SSSR count). The summed E-state index contributed by atoms with van der Waals surface area (Å²) >= 11 is -0.111. The van der Waals surface area contributed by atoms with E-state index in [9.17, 15) is 13.2 Å². The summed E-state index contributed by atoms with van der Waals surface area (Å²) in [7, 11) is 0. The van der Waals surface area contributed by atoms with Gasteiger partial charge in [0.15, 0.2) is 0 Å². The molecule has 0 fully saturated rings. The molecule has 0 spiro atoms. The average Bonchev–Trinajstić information content (AvgIpc) is 2.59. The standard InChI is InChI=1S/C7H11F3N4OS/c1-4(11)5-13-14-6(15-5)12-2-3-16-7(8,9)10/h4H,2-3,11H2,1H3,(H,12,14). The molecule has 0 aliphatic carbocycles. The van der Waals surface area contributed by atoms with Crippen LogP contribution >= 0.6 is 11.8 Å². The van der Waals surface area contributed by atoms with Gasteiger partial charge in [0.25, 0.3) is 0 Å². The quantitative estimate of drug-likeness (QED) is 0.782. The van der Waals surface area contributed by atoms with Crippen molar-refractivity contribution in [2.45, 2.75) is 18.5 Å². The Bertz CT molecular complexity index is 328. The first-order chi connectivity index (χ1) is 7.38. The lowest BCUT2D eigenvalue weighted by Crippen LogP contribution is -2.09. The maximum atomic E-state index is 11.8. The first-order valence-electron chi connectivity index (χ1n) is 4.42. The zero-order valence-electron chi connectivity index (χ0n) is 8.41. The van der Waals surface area contributed by atoms with Crippen LogP contribution in [0.5, 0.6) is 0 Å². The maximum absolute atomic E-state index is 11.8. The van der Waals surface area contributed by atoms with Crippen molar-refractivity contribution < 1.29 is 17.6 Å². The molecule has 1 heterocycles. The molecule has 0 saturated carbocycles. The minimum absolute atomic E-state index is 0.0788. The third-order valence-corrected chi connectivity index (χ3v) is 2.21. The molecule has 0 bridgehead atoms. The zero-order chi connectivity index (χ0) is 12.2. The highest BCUT2D eigenvalue weighted by molar-refractivity contribution is 8.00. The van der Waals surface area contributed by atoms with E-state index in [1.807, 2.05) is 0 Å². The molecule has 0 aliphatic rings. The molecular formula is C7H11F3N4OS. The summed E-state index contributed by atoms with van der Waals surface area (Å²) in [6, 6.07) is -0.317. The van der Waals surface area contributed by atoms with Crippen LogP contribution < -0.4 is 11.1 Å². The molecule has 1 aromatic rings. The number of rotatable bonds is 5. The van der Waals surface area contributed by atoms with Crippen molar-refractivity contribution in [2.75, 3.05) is 17.6 Å². The van der Waals surface area contributed by atoms with Crippen molar-refractivity contribution in [3.63, 3.8) is 0 Å².